The van der Waals surface area contributed by atoms with Crippen molar-refractivity contribution in [2.75, 3.05) is 13.7 Å². The molecule has 0 radical (unpaired) electrons. The van der Waals surface area contributed by atoms with E-state index < -0.39 is 17.9 Å². The van der Waals surface area contributed by atoms with Gasteiger partial charge in [-0.1, -0.05) is 12.1 Å². The number of nitrogens with two attached hydrogens (primary N) is 1. The number of hydrogen-bond acceptors (Lipinski definition) is 4. The van der Waals surface area contributed by atoms with Crippen molar-refractivity contribution in [3.05, 3.63) is 35.4 Å². The fraction of sp³-hybridized carbons (Fsp3) is 0.429. The van der Waals surface area contributed by atoms with E-state index in [4.69, 9.17) is 5.73 Å². The fourth-order valence-corrected chi connectivity index (χ4v) is 1.92. The third kappa shape index (κ3) is 3.54. The Kier molecular flexibility index (Phi) is 4.16. The highest BCUT2D eigenvalue weighted by molar-refractivity contribution is 5.89. The highest BCUT2D eigenvalue weighted by Gasteiger charge is 2.24. The second-order valence-corrected chi connectivity index (χ2v) is 4.80. The first-order valence-corrected chi connectivity index (χ1v) is 6.32. The molecule has 1 aromatic rings. The van der Waals surface area contributed by atoms with E-state index in [2.05, 4.69) is 10.1 Å². The minimum Gasteiger partial charge on any atom is -0.465 e. The van der Waals surface area contributed by atoms with Gasteiger partial charge in [-0.15, -0.1) is 0 Å². The summed E-state index contributed by atoms with van der Waals surface area (Å²) in [5.74, 6) is -0.143. The molecule has 1 aliphatic rings. The summed E-state index contributed by atoms with van der Waals surface area (Å²) in [4.78, 5) is 22.8. The molecule has 2 rings (SSSR count). The van der Waals surface area contributed by atoms with Crippen LogP contribution in [-0.4, -0.2) is 25.5 Å². The molecule has 1 aromatic carbocycles. The van der Waals surface area contributed by atoms with Crippen molar-refractivity contribution < 1.29 is 14.3 Å². The predicted molar refractivity (Wildman–Crippen MR) is 70.4 cm³/mol. The number of nitrogens with one attached hydrogen (secondary N) is 1. The van der Waals surface area contributed by atoms with Gasteiger partial charge in [0.1, 0.15) is 6.04 Å². The lowest BCUT2D eigenvalue weighted by molar-refractivity contribution is -0.120. The number of rotatable bonds is 6. The van der Waals surface area contributed by atoms with Crippen LogP contribution in [0.1, 0.15) is 34.8 Å². The lowest BCUT2D eigenvalue weighted by atomic mass is 10.0. The van der Waals surface area contributed by atoms with Gasteiger partial charge in [0.25, 0.3) is 0 Å². The van der Waals surface area contributed by atoms with E-state index in [-0.39, 0.29) is 0 Å². The molecule has 1 amide bonds. The third-order valence-corrected chi connectivity index (χ3v) is 3.26. The maximum atomic E-state index is 11.5. The van der Waals surface area contributed by atoms with Gasteiger partial charge < -0.3 is 15.8 Å². The Morgan fingerprint density at radius 3 is 2.47 bits per heavy atom. The van der Waals surface area contributed by atoms with E-state index in [0.717, 1.165) is 12.1 Å². The first-order chi connectivity index (χ1) is 9.11. The Morgan fingerprint density at radius 2 is 2.00 bits per heavy atom. The summed E-state index contributed by atoms with van der Waals surface area (Å²) in [7, 11) is 1.33. The number of ether oxygens (including phenoxy) is 1. The van der Waals surface area contributed by atoms with Gasteiger partial charge in [0.15, 0.2) is 0 Å². The summed E-state index contributed by atoms with van der Waals surface area (Å²) < 4.78 is 4.63. The van der Waals surface area contributed by atoms with E-state index in [1.165, 1.54) is 20.0 Å². The number of benzene rings is 1. The zero-order valence-corrected chi connectivity index (χ0v) is 10.9. The van der Waals surface area contributed by atoms with E-state index in [9.17, 15) is 9.59 Å². The topological polar surface area (TPSA) is 81.4 Å². The second kappa shape index (κ2) is 5.84. The van der Waals surface area contributed by atoms with Gasteiger partial charge in [0.2, 0.25) is 5.91 Å². The third-order valence-electron chi connectivity index (χ3n) is 3.26. The summed E-state index contributed by atoms with van der Waals surface area (Å²) in [6.07, 6.45) is 2.42. The van der Waals surface area contributed by atoms with Crippen LogP contribution in [0.15, 0.2) is 24.3 Å². The highest BCUT2D eigenvalue weighted by Crippen LogP contribution is 2.28. The van der Waals surface area contributed by atoms with Crippen molar-refractivity contribution in [2.24, 2.45) is 11.7 Å². The number of amides is 1. The van der Waals surface area contributed by atoms with Gasteiger partial charge in [0.05, 0.1) is 12.7 Å². The van der Waals surface area contributed by atoms with Gasteiger partial charge in [-0.2, -0.15) is 0 Å². The van der Waals surface area contributed by atoms with Crippen LogP contribution in [0.4, 0.5) is 0 Å². The molecule has 0 aliphatic heterocycles. The van der Waals surface area contributed by atoms with E-state index >= 15 is 0 Å². The molecule has 1 unspecified atom stereocenters. The molecule has 0 bridgehead atoms. The van der Waals surface area contributed by atoms with Gasteiger partial charge >= 0.3 is 5.97 Å². The molecule has 5 heteroatoms. The first-order valence-electron chi connectivity index (χ1n) is 6.32. The number of carbonyl (C=O) groups is 2. The average Bonchev–Trinajstić information content (AvgIpc) is 3.22. The Balaban J connectivity index is 2.07. The van der Waals surface area contributed by atoms with Crippen LogP contribution >= 0.6 is 0 Å². The summed E-state index contributed by atoms with van der Waals surface area (Å²) in [6.45, 7) is 0.798. The molecule has 0 saturated heterocycles. The quantitative estimate of drug-likeness (QED) is 0.749. The smallest absolute Gasteiger partial charge is 0.337 e. The molecule has 1 fully saturated rings. The molecular formula is C14H18N2O3. The van der Waals surface area contributed by atoms with Crippen LogP contribution in [0.2, 0.25) is 0 Å². The molecule has 0 spiro atoms. The average molecular weight is 262 g/mol. The van der Waals surface area contributed by atoms with Crippen LogP contribution in [-0.2, 0) is 9.53 Å². The Hall–Kier alpha value is -1.88. The largest absolute Gasteiger partial charge is 0.465 e. The Bertz CT molecular complexity index is 466. The SMILES string of the molecule is COC(=O)c1ccc(C(NCC2CC2)C(N)=O)cc1. The summed E-state index contributed by atoms with van der Waals surface area (Å²) in [6, 6.07) is 6.21. The maximum absolute atomic E-state index is 11.5. The number of primary amides is 1. The Morgan fingerprint density at radius 1 is 1.37 bits per heavy atom. The molecule has 0 heterocycles. The molecule has 19 heavy (non-hydrogen) atoms. The lowest BCUT2D eigenvalue weighted by Gasteiger charge is -2.15. The van der Waals surface area contributed by atoms with Crippen molar-refractivity contribution in [3.8, 4) is 0 Å². The molecule has 5 nitrogen and oxygen atoms in total. The minimum absolute atomic E-state index is 0.395. The van der Waals surface area contributed by atoms with E-state index in [1.807, 2.05) is 0 Å². The monoisotopic (exact) mass is 262 g/mol. The fourth-order valence-electron chi connectivity index (χ4n) is 1.92. The first kappa shape index (κ1) is 13.5. The van der Waals surface area contributed by atoms with Crippen molar-refractivity contribution in [2.45, 2.75) is 18.9 Å². The molecule has 1 atom stereocenters. The van der Waals surface area contributed by atoms with Crippen molar-refractivity contribution in [1.82, 2.24) is 5.32 Å². The molecule has 3 N–H and O–H groups in total. The van der Waals surface area contributed by atoms with Crippen molar-refractivity contribution in [3.63, 3.8) is 0 Å². The van der Waals surface area contributed by atoms with Gasteiger partial charge in [-0.25, -0.2) is 4.79 Å². The summed E-state index contributed by atoms with van der Waals surface area (Å²) in [5, 5.41) is 3.17. The Labute approximate surface area is 112 Å². The molecule has 1 aliphatic carbocycles. The van der Waals surface area contributed by atoms with E-state index in [1.54, 1.807) is 24.3 Å². The normalized spacial score (nSPS) is 15.8. The lowest BCUT2D eigenvalue weighted by Crippen LogP contribution is -2.34. The summed E-state index contributed by atoms with van der Waals surface area (Å²) in [5.41, 5.74) is 6.63. The van der Waals surface area contributed by atoms with Gasteiger partial charge in [-0.05, 0) is 43.0 Å². The second-order valence-electron chi connectivity index (χ2n) is 4.80. The van der Waals surface area contributed by atoms with Crippen LogP contribution in [0.25, 0.3) is 0 Å². The number of hydrogen-bond donors (Lipinski definition) is 2. The molecular weight excluding hydrogens is 244 g/mol. The molecule has 0 aromatic heterocycles. The van der Waals surface area contributed by atoms with E-state index in [0.29, 0.717) is 11.5 Å². The molecule has 1 saturated carbocycles. The standard InChI is InChI=1S/C14H18N2O3/c1-19-14(18)11-6-4-10(5-7-11)12(13(15)17)16-8-9-2-3-9/h4-7,9,12,16H,2-3,8H2,1H3,(H2,15,17). The minimum atomic E-state index is -0.507. The van der Waals surface area contributed by atoms with Crippen molar-refractivity contribution in [1.29, 1.82) is 0 Å². The van der Waals surface area contributed by atoms with Crippen LogP contribution in [0.5, 0.6) is 0 Å². The maximum Gasteiger partial charge on any atom is 0.337 e. The zero-order chi connectivity index (χ0) is 13.8. The van der Waals surface area contributed by atoms with Crippen molar-refractivity contribution >= 4 is 11.9 Å². The van der Waals surface area contributed by atoms with Crippen LogP contribution in [0, 0.1) is 5.92 Å². The highest BCUT2D eigenvalue weighted by atomic mass is 16.5. The van der Waals surface area contributed by atoms with Gasteiger partial charge in [-0.3, -0.25) is 4.79 Å². The number of methoxy groups -OCH3 is 1. The zero-order valence-electron chi connectivity index (χ0n) is 10.9. The number of esters is 1. The summed E-state index contributed by atoms with van der Waals surface area (Å²) >= 11 is 0. The van der Waals surface area contributed by atoms with Crippen LogP contribution < -0.4 is 11.1 Å². The molecule has 102 valence electrons. The van der Waals surface area contributed by atoms with Crippen LogP contribution in [0.3, 0.4) is 0 Å². The predicted octanol–water partition coefficient (Wildman–Crippen LogP) is 0.999. The van der Waals surface area contributed by atoms with Gasteiger partial charge in [0, 0.05) is 0 Å². The number of carbonyl (C=O) groups excluding carboxylic acids is 2.